The van der Waals surface area contributed by atoms with Crippen LogP contribution in [0.1, 0.15) is 12.7 Å². The molecule has 0 aliphatic carbocycles. The molecule has 0 spiro atoms. The molecule has 0 aliphatic heterocycles. The van der Waals surface area contributed by atoms with Crippen LogP contribution in [0.5, 0.6) is 0 Å². The van der Waals surface area contributed by atoms with Gasteiger partial charge in [-0.05, 0) is 17.7 Å². The van der Waals surface area contributed by atoms with Gasteiger partial charge in [0.25, 0.3) is 0 Å². The van der Waals surface area contributed by atoms with E-state index >= 15 is 0 Å². The highest BCUT2D eigenvalue weighted by Crippen LogP contribution is 2.39. The first kappa shape index (κ1) is 18.5. The average molecular weight is 373 g/mol. The Morgan fingerprint density at radius 3 is 2.19 bits per heavy atom. The Kier molecular flexibility index (Phi) is 4.87. The fourth-order valence-corrected chi connectivity index (χ4v) is 2.49. The number of carbonyl (C=O) groups excluding carboxylic acids is 1. The summed E-state index contributed by atoms with van der Waals surface area (Å²) in [6.45, 7) is 1.14. The molecule has 1 aromatic carbocycles. The maximum absolute atomic E-state index is 13.4. The lowest BCUT2D eigenvalue weighted by Crippen LogP contribution is -2.37. The van der Waals surface area contributed by atoms with E-state index in [0.29, 0.717) is 16.1 Å². The van der Waals surface area contributed by atoms with E-state index in [1.54, 1.807) is 30.3 Å². The van der Waals surface area contributed by atoms with Crippen molar-refractivity contribution in [2.45, 2.75) is 13.1 Å². The van der Waals surface area contributed by atoms with E-state index in [9.17, 15) is 18.0 Å². The van der Waals surface area contributed by atoms with Gasteiger partial charge in [0.2, 0.25) is 11.7 Å². The summed E-state index contributed by atoms with van der Waals surface area (Å²) in [6, 6.07) is 11.6. The van der Waals surface area contributed by atoms with E-state index in [2.05, 4.69) is 15.0 Å². The first-order chi connectivity index (χ1) is 12.8. The number of nitrogens with zero attached hydrogens (tertiary/aromatic N) is 4. The zero-order valence-electron chi connectivity index (χ0n) is 14.1. The van der Waals surface area contributed by atoms with E-state index in [0.717, 1.165) is 6.92 Å². The highest BCUT2D eigenvalue weighted by molar-refractivity contribution is 5.97. The minimum Gasteiger partial charge on any atom is -0.273 e. The second kappa shape index (κ2) is 7.12. The first-order valence-corrected chi connectivity index (χ1v) is 7.79. The number of alkyl halides is 3. The fourth-order valence-electron chi connectivity index (χ4n) is 2.49. The molecule has 6 nitrogen and oxygen atoms in total. The predicted octanol–water partition coefficient (Wildman–Crippen LogP) is 3.45. The third kappa shape index (κ3) is 3.77. The van der Waals surface area contributed by atoms with Gasteiger partial charge in [-0.15, -0.1) is 0 Å². The number of nitrogens with two attached hydrogens (primary N) is 1. The number of benzene rings is 1. The Labute approximate surface area is 152 Å². The van der Waals surface area contributed by atoms with Gasteiger partial charge in [0, 0.05) is 24.9 Å². The topological polar surface area (TPSA) is 85.0 Å². The number of pyridine rings is 1. The van der Waals surface area contributed by atoms with Crippen molar-refractivity contribution in [3.8, 4) is 22.4 Å². The van der Waals surface area contributed by atoms with Gasteiger partial charge in [-0.2, -0.15) is 13.2 Å². The van der Waals surface area contributed by atoms with Crippen molar-refractivity contribution in [1.82, 2.24) is 15.0 Å². The molecule has 138 valence electrons. The zero-order chi connectivity index (χ0) is 19.6. The van der Waals surface area contributed by atoms with Crippen LogP contribution in [0.25, 0.3) is 22.4 Å². The molecule has 0 aliphatic rings. The number of hydrazine groups is 1. The Bertz CT molecular complexity index is 962. The number of anilines is 1. The lowest BCUT2D eigenvalue weighted by atomic mass is 10.00. The third-order valence-electron chi connectivity index (χ3n) is 3.73. The molecular weight excluding hydrogens is 359 g/mol. The lowest BCUT2D eigenvalue weighted by Gasteiger charge is -2.21. The summed E-state index contributed by atoms with van der Waals surface area (Å²) in [5.41, 5.74) is 1.12. The molecule has 2 heterocycles. The van der Waals surface area contributed by atoms with Gasteiger partial charge in [-0.1, -0.05) is 30.3 Å². The van der Waals surface area contributed by atoms with E-state index < -0.39 is 17.9 Å². The molecule has 3 aromatic rings. The summed E-state index contributed by atoms with van der Waals surface area (Å²) in [4.78, 5) is 23.0. The molecule has 0 saturated heterocycles. The maximum atomic E-state index is 13.4. The van der Waals surface area contributed by atoms with E-state index in [1.807, 2.05) is 0 Å². The van der Waals surface area contributed by atoms with Crippen molar-refractivity contribution in [2.24, 2.45) is 5.84 Å². The van der Waals surface area contributed by atoms with Crippen LogP contribution in [0, 0.1) is 0 Å². The minimum absolute atomic E-state index is 0.00220. The predicted molar refractivity (Wildman–Crippen MR) is 93.0 cm³/mol. The monoisotopic (exact) mass is 373 g/mol. The minimum atomic E-state index is -4.82. The molecule has 9 heteroatoms. The largest absolute Gasteiger partial charge is 0.451 e. The van der Waals surface area contributed by atoms with Crippen molar-refractivity contribution < 1.29 is 18.0 Å². The van der Waals surface area contributed by atoms with Crippen molar-refractivity contribution in [2.75, 3.05) is 5.01 Å². The molecule has 2 aromatic heterocycles. The summed E-state index contributed by atoms with van der Waals surface area (Å²) >= 11 is 0. The van der Waals surface area contributed by atoms with Crippen LogP contribution < -0.4 is 10.9 Å². The van der Waals surface area contributed by atoms with Crippen LogP contribution in [0.15, 0.2) is 54.9 Å². The number of hydrogen-bond acceptors (Lipinski definition) is 5. The van der Waals surface area contributed by atoms with E-state index in [1.165, 1.54) is 24.5 Å². The standard InChI is InChI=1S/C18H14F3N5O/c1-11(27)26(22)16-14(12-5-3-2-4-6-12)15(13-7-9-23-10-8-13)24-17(25-16)18(19,20)21/h2-10H,22H2,1H3. The van der Waals surface area contributed by atoms with Crippen LogP contribution in [0.4, 0.5) is 19.0 Å². The molecule has 0 atom stereocenters. The van der Waals surface area contributed by atoms with Gasteiger partial charge in [0.15, 0.2) is 5.82 Å². The van der Waals surface area contributed by atoms with Gasteiger partial charge >= 0.3 is 6.18 Å². The Morgan fingerprint density at radius 2 is 1.63 bits per heavy atom. The van der Waals surface area contributed by atoms with Crippen molar-refractivity contribution in [1.29, 1.82) is 0 Å². The van der Waals surface area contributed by atoms with Crippen LogP contribution >= 0.6 is 0 Å². The van der Waals surface area contributed by atoms with Crippen LogP contribution in [0.2, 0.25) is 0 Å². The lowest BCUT2D eigenvalue weighted by molar-refractivity contribution is -0.144. The highest BCUT2D eigenvalue weighted by atomic mass is 19.4. The van der Waals surface area contributed by atoms with Crippen LogP contribution in [0.3, 0.4) is 0 Å². The van der Waals surface area contributed by atoms with Crippen LogP contribution in [-0.4, -0.2) is 20.9 Å². The second-order valence-corrected chi connectivity index (χ2v) is 5.58. The Hall–Kier alpha value is -3.33. The van der Waals surface area contributed by atoms with E-state index in [-0.39, 0.29) is 17.1 Å². The summed E-state index contributed by atoms with van der Waals surface area (Å²) in [5.74, 6) is 3.36. The molecule has 0 fully saturated rings. The van der Waals surface area contributed by atoms with Gasteiger partial charge in [0.05, 0.1) is 11.3 Å². The van der Waals surface area contributed by atoms with Gasteiger partial charge in [-0.3, -0.25) is 9.78 Å². The molecule has 0 radical (unpaired) electrons. The van der Waals surface area contributed by atoms with Crippen LogP contribution in [-0.2, 0) is 11.0 Å². The summed E-state index contributed by atoms with van der Waals surface area (Å²) in [7, 11) is 0. The van der Waals surface area contributed by atoms with Crippen molar-refractivity contribution >= 4 is 11.7 Å². The number of rotatable bonds is 3. The summed E-state index contributed by atoms with van der Waals surface area (Å²) in [5, 5.41) is 0.587. The number of carbonyl (C=O) groups is 1. The smallest absolute Gasteiger partial charge is 0.273 e. The average Bonchev–Trinajstić information content (AvgIpc) is 2.67. The first-order valence-electron chi connectivity index (χ1n) is 7.79. The Balaban J connectivity index is 2.42. The normalized spacial score (nSPS) is 11.3. The maximum Gasteiger partial charge on any atom is 0.451 e. The second-order valence-electron chi connectivity index (χ2n) is 5.58. The molecule has 2 N–H and O–H groups in total. The Morgan fingerprint density at radius 1 is 1.00 bits per heavy atom. The molecule has 0 unspecified atom stereocenters. The highest BCUT2D eigenvalue weighted by Gasteiger charge is 2.37. The third-order valence-corrected chi connectivity index (χ3v) is 3.73. The number of aromatic nitrogens is 3. The van der Waals surface area contributed by atoms with Crippen molar-refractivity contribution in [3.63, 3.8) is 0 Å². The zero-order valence-corrected chi connectivity index (χ0v) is 14.1. The van der Waals surface area contributed by atoms with Gasteiger partial charge in [-0.25, -0.2) is 20.8 Å². The molecule has 0 bridgehead atoms. The number of halogens is 3. The molecule has 1 amide bonds. The molecule has 0 saturated carbocycles. The SMILES string of the molecule is CC(=O)N(N)c1nc(C(F)(F)F)nc(-c2ccncc2)c1-c1ccccc1. The van der Waals surface area contributed by atoms with Gasteiger partial charge in [0.1, 0.15) is 0 Å². The van der Waals surface area contributed by atoms with E-state index in [4.69, 9.17) is 5.84 Å². The fraction of sp³-hybridized carbons (Fsp3) is 0.111. The quantitative estimate of drug-likeness (QED) is 0.432. The number of amides is 1. The number of hydrogen-bond donors (Lipinski definition) is 1. The molecular formula is C18H14F3N5O. The summed E-state index contributed by atoms with van der Waals surface area (Å²) < 4.78 is 40.1. The van der Waals surface area contributed by atoms with Crippen molar-refractivity contribution in [3.05, 3.63) is 60.7 Å². The summed E-state index contributed by atoms with van der Waals surface area (Å²) in [6.07, 6.45) is -1.95. The molecule has 3 rings (SSSR count). The molecule has 27 heavy (non-hydrogen) atoms. The van der Waals surface area contributed by atoms with Gasteiger partial charge < -0.3 is 0 Å².